The lowest BCUT2D eigenvalue weighted by Gasteiger charge is -2.22. The normalized spacial score (nSPS) is 13.4. The van der Waals surface area contributed by atoms with Crippen molar-refractivity contribution in [3.8, 4) is 0 Å². The topological polar surface area (TPSA) is 38.5 Å². The fourth-order valence-corrected chi connectivity index (χ4v) is 4.21. The maximum absolute atomic E-state index is 5.61. The third-order valence-corrected chi connectivity index (χ3v) is 5.07. The Labute approximate surface area is 133 Å². The van der Waals surface area contributed by atoms with Crippen LogP contribution < -0.4 is 0 Å². The lowest BCUT2D eigenvalue weighted by Crippen LogP contribution is -2.17. The summed E-state index contributed by atoms with van der Waals surface area (Å²) in [6.07, 6.45) is 0. The number of aromatic amines is 1. The zero-order chi connectivity index (χ0) is 15.1. The fourth-order valence-electron chi connectivity index (χ4n) is 2.92. The van der Waals surface area contributed by atoms with Gasteiger partial charge in [0.1, 0.15) is 5.52 Å². The first-order valence-corrected chi connectivity index (χ1v) is 8.54. The molecule has 1 unspecified atom stereocenters. The van der Waals surface area contributed by atoms with Gasteiger partial charge in [-0.2, -0.15) is 5.10 Å². The highest BCUT2D eigenvalue weighted by Gasteiger charge is 2.25. The van der Waals surface area contributed by atoms with E-state index in [0.717, 1.165) is 28.2 Å². The average Bonchev–Trinajstić information content (AvgIpc) is 3.11. The van der Waals surface area contributed by atoms with Crippen molar-refractivity contribution >= 4 is 34.7 Å². The molecule has 3 heterocycles. The number of hydrogen-bond acceptors (Lipinski definition) is 3. The molecule has 3 aromatic heterocycles. The van der Waals surface area contributed by atoms with Crippen molar-refractivity contribution in [2.24, 2.45) is 5.92 Å². The van der Waals surface area contributed by atoms with Crippen molar-refractivity contribution in [2.45, 2.75) is 40.3 Å². The fraction of sp³-hybridized carbons (Fsp3) is 0.467. The van der Waals surface area contributed by atoms with E-state index >= 15 is 0 Å². The number of hydrogen-bond donors (Lipinski definition) is 1. The van der Waals surface area contributed by atoms with Crippen molar-refractivity contribution < 1.29 is 0 Å². The Balaban J connectivity index is 2.32. The highest BCUT2D eigenvalue weighted by Crippen LogP contribution is 2.33. The van der Waals surface area contributed by atoms with Crippen LogP contribution in [0.3, 0.4) is 0 Å². The van der Waals surface area contributed by atoms with E-state index in [1.807, 2.05) is 11.6 Å². The van der Waals surface area contributed by atoms with E-state index in [1.54, 1.807) is 11.3 Å². The van der Waals surface area contributed by atoms with Crippen LogP contribution in [0.4, 0.5) is 0 Å². The Hall–Kier alpha value is -1.40. The molecule has 0 aliphatic heterocycles. The number of thiophene rings is 1. The average molecular weight is 320 g/mol. The molecule has 1 N–H and O–H groups in total. The molecule has 4 nitrogen and oxygen atoms in total. The van der Waals surface area contributed by atoms with E-state index in [1.165, 1.54) is 4.88 Å². The van der Waals surface area contributed by atoms with Crippen LogP contribution in [0.5, 0.6) is 0 Å². The zero-order valence-electron chi connectivity index (χ0n) is 12.8. The van der Waals surface area contributed by atoms with Gasteiger partial charge < -0.3 is 4.98 Å². The minimum absolute atomic E-state index is 0.243. The molecule has 0 bridgehead atoms. The number of aromatic nitrogens is 4. The molecule has 1 atom stereocenters. The summed E-state index contributed by atoms with van der Waals surface area (Å²) in [4.78, 5) is 4.68. The minimum Gasteiger partial charge on any atom is -0.328 e. The molecule has 6 heteroatoms. The molecule has 0 saturated carbocycles. The van der Waals surface area contributed by atoms with Crippen LogP contribution >= 0.6 is 23.6 Å². The number of H-pyrrole nitrogens is 1. The highest BCUT2D eigenvalue weighted by atomic mass is 32.1. The molecule has 0 fully saturated rings. The molecule has 21 heavy (non-hydrogen) atoms. The molecule has 0 aliphatic rings. The minimum atomic E-state index is 0.243. The molecule has 0 spiro atoms. The molecule has 112 valence electrons. The van der Waals surface area contributed by atoms with Crippen LogP contribution in [0, 0.1) is 17.6 Å². The van der Waals surface area contributed by atoms with Gasteiger partial charge in [-0.25, -0.2) is 4.68 Å². The second-order valence-corrected chi connectivity index (χ2v) is 6.97. The van der Waals surface area contributed by atoms with E-state index < -0.39 is 0 Å². The highest BCUT2D eigenvalue weighted by molar-refractivity contribution is 7.71. The first kappa shape index (κ1) is 14.5. The van der Waals surface area contributed by atoms with Crippen molar-refractivity contribution in [3.05, 3.63) is 32.9 Å². The van der Waals surface area contributed by atoms with Crippen LogP contribution in [0.25, 0.3) is 11.2 Å². The summed E-state index contributed by atoms with van der Waals surface area (Å²) in [5.74, 6) is 0.454. The summed E-state index contributed by atoms with van der Waals surface area (Å²) in [5, 5.41) is 6.74. The first-order chi connectivity index (χ1) is 10.0. The quantitative estimate of drug-likeness (QED) is 0.717. The predicted octanol–water partition coefficient (Wildman–Crippen LogP) is 4.53. The summed E-state index contributed by atoms with van der Waals surface area (Å²) in [7, 11) is 0. The van der Waals surface area contributed by atoms with Gasteiger partial charge in [0.05, 0.1) is 11.7 Å². The van der Waals surface area contributed by atoms with Gasteiger partial charge in [-0.05, 0) is 43.4 Å². The van der Waals surface area contributed by atoms with Gasteiger partial charge >= 0.3 is 0 Å². The van der Waals surface area contributed by atoms with Crippen molar-refractivity contribution in [3.63, 3.8) is 0 Å². The van der Waals surface area contributed by atoms with E-state index in [-0.39, 0.29) is 6.04 Å². The number of nitrogens with one attached hydrogen (secondary N) is 1. The lowest BCUT2D eigenvalue weighted by molar-refractivity contribution is 0.440. The van der Waals surface area contributed by atoms with Crippen molar-refractivity contribution in [1.82, 2.24) is 19.3 Å². The Bertz CT molecular complexity index is 805. The molecular weight excluding hydrogens is 300 g/mol. The Kier molecular flexibility index (Phi) is 3.75. The SMILES string of the molecule is CCn1nc(C)c2[nH]c(=S)n(C(c3cccs3)C(C)C)c21. The molecule has 0 aromatic carbocycles. The molecular formula is C15H20N4S2. The smallest absolute Gasteiger partial charge is 0.179 e. The summed E-state index contributed by atoms with van der Waals surface area (Å²) in [5.41, 5.74) is 3.17. The standard InChI is InChI=1S/C15H20N4S2/c1-5-18-14-12(10(4)17-18)16-15(20)19(14)13(9(2)3)11-7-6-8-21-11/h6-9,13H,5H2,1-4H3,(H,16,20). The molecule has 0 saturated heterocycles. The van der Waals surface area contributed by atoms with Gasteiger partial charge in [-0.3, -0.25) is 4.57 Å². The van der Waals surface area contributed by atoms with Crippen molar-refractivity contribution in [1.29, 1.82) is 0 Å². The number of imidazole rings is 1. The van der Waals surface area contributed by atoms with Gasteiger partial charge in [0.2, 0.25) is 0 Å². The first-order valence-electron chi connectivity index (χ1n) is 7.25. The molecule has 3 aromatic rings. The van der Waals surface area contributed by atoms with Gasteiger partial charge in [0.25, 0.3) is 0 Å². The van der Waals surface area contributed by atoms with Crippen LogP contribution in [0.15, 0.2) is 17.5 Å². The van der Waals surface area contributed by atoms with E-state index in [9.17, 15) is 0 Å². The Morgan fingerprint density at radius 3 is 2.76 bits per heavy atom. The van der Waals surface area contributed by atoms with Crippen LogP contribution in [-0.4, -0.2) is 19.3 Å². The number of fused-ring (bicyclic) bond motifs is 1. The summed E-state index contributed by atoms with van der Waals surface area (Å²) < 4.78 is 5.06. The van der Waals surface area contributed by atoms with Gasteiger partial charge in [0.15, 0.2) is 10.4 Å². The van der Waals surface area contributed by atoms with E-state index in [4.69, 9.17) is 12.2 Å². The van der Waals surface area contributed by atoms with Gasteiger partial charge in [-0.1, -0.05) is 19.9 Å². The van der Waals surface area contributed by atoms with Crippen LogP contribution in [0.1, 0.15) is 37.4 Å². The predicted molar refractivity (Wildman–Crippen MR) is 90.6 cm³/mol. The molecule has 0 radical (unpaired) electrons. The maximum atomic E-state index is 5.61. The number of nitrogens with zero attached hydrogens (tertiary/aromatic N) is 3. The Morgan fingerprint density at radius 2 is 2.19 bits per heavy atom. The molecule has 0 aliphatic carbocycles. The molecule has 0 amide bonds. The second kappa shape index (κ2) is 5.42. The van der Waals surface area contributed by atoms with Gasteiger partial charge in [-0.15, -0.1) is 11.3 Å². The van der Waals surface area contributed by atoms with Crippen molar-refractivity contribution in [2.75, 3.05) is 0 Å². The van der Waals surface area contributed by atoms with E-state index in [0.29, 0.717) is 5.92 Å². The van der Waals surface area contributed by atoms with Gasteiger partial charge in [0, 0.05) is 11.4 Å². The Morgan fingerprint density at radius 1 is 1.43 bits per heavy atom. The monoisotopic (exact) mass is 320 g/mol. The summed E-state index contributed by atoms with van der Waals surface area (Å²) >= 11 is 7.40. The number of aryl methyl sites for hydroxylation is 2. The number of rotatable bonds is 4. The van der Waals surface area contributed by atoms with Crippen LogP contribution in [-0.2, 0) is 6.54 Å². The molecule has 3 rings (SSSR count). The van der Waals surface area contributed by atoms with Crippen LogP contribution in [0.2, 0.25) is 0 Å². The second-order valence-electron chi connectivity index (χ2n) is 5.60. The third-order valence-electron chi connectivity index (χ3n) is 3.82. The zero-order valence-corrected chi connectivity index (χ0v) is 14.4. The maximum Gasteiger partial charge on any atom is 0.179 e. The summed E-state index contributed by atoms with van der Waals surface area (Å²) in [6, 6.07) is 4.54. The van der Waals surface area contributed by atoms with E-state index in [2.05, 4.69) is 52.9 Å². The summed E-state index contributed by atoms with van der Waals surface area (Å²) in [6.45, 7) is 9.46. The largest absolute Gasteiger partial charge is 0.328 e. The third kappa shape index (κ3) is 2.26. The lowest BCUT2D eigenvalue weighted by atomic mass is 10.0.